The van der Waals surface area contributed by atoms with E-state index in [9.17, 15) is 9.59 Å². The summed E-state index contributed by atoms with van der Waals surface area (Å²) in [5.74, 6) is -0.186. The van der Waals surface area contributed by atoms with Gasteiger partial charge in [0.1, 0.15) is 5.78 Å². The molecule has 0 radical (unpaired) electrons. The van der Waals surface area contributed by atoms with Crippen LogP contribution in [0.3, 0.4) is 0 Å². The van der Waals surface area contributed by atoms with E-state index in [4.69, 9.17) is 4.74 Å². The van der Waals surface area contributed by atoms with Gasteiger partial charge in [-0.25, -0.2) is 0 Å². The van der Waals surface area contributed by atoms with Crippen LogP contribution in [0.25, 0.3) is 0 Å². The molecule has 18 heavy (non-hydrogen) atoms. The molecule has 3 atom stereocenters. The van der Waals surface area contributed by atoms with Gasteiger partial charge in [0.05, 0.1) is 13.0 Å². The molecule has 1 fully saturated rings. The van der Waals surface area contributed by atoms with Gasteiger partial charge < -0.3 is 4.74 Å². The second-order valence-corrected chi connectivity index (χ2v) is 4.99. The fourth-order valence-corrected chi connectivity index (χ4v) is 2.90. The minimum Gasteiger partial charge on any atom is -0.469 e. The molecule has 0 bridgehead atoms. The molecule has 0 spiro atoms. The van der Waals surface area contributed by atoms with E-state index in [0.717, 1.165) is 5.56 Å². The summed E-state index contributed by atoms with van der Waals surface area (Å²) in [4.78, 5) is 23.7. The van der Waals surface area contributed by atoms with E-state index in [-0.39, 0.29) is 29.5 Å². The van der Waals surface area contributed by atoms with Gasteiger partial charge in [-0.1, -0.05) is 37.3 Å². The zero-order valence-corrected chi connectivity index (χ0v) is 10.8. The number of benzene rings is 1. The Morgan fingerprint density at radius 2 is 1.89 bits per heavy atom. The van der Waals surface area contributed by atoms with Crippen LogP contribution in [0.4, 0.5) is 0 Å². The van der Waals surface area contributed by atoms with E-state index in [0.29, 0.717) is 12.8 Å². The van der Waals surface area contributed by atoms with Gasteiger partial charge in [-0.15, -0.1) is 0 Å². The van der Waals surface area contributed by atoms with Gasteiger partial charge in [-0.3, -0.25) is 9.59 Å². The first kappa shape index (κ1) is 12.8. The molecule has 0 aromatic heterocycles. The fourth-order valence-electron chi connectivity index (χ4n) is 2.90. The first-order valence-corrected chi connectivity index (χ1v) is 6.28. The van der Waals surface area contributed by atoms with E-state index >= 15 is 0 Å². The Kier molecular flexibility index (Phi) is 3.80. The highest BCUT2D eigenvalue weighted by Gasteiger charge is 2.40. The number of carbonyl (C=O) groups excluding carboxylic acids is 2. The van der Waals surface area contributed by atoms with E-state index in [1.807, 2.05) is 37.3 Å². The third-order valence-electron chi connectivity index (χ3n) is 3.74. The summed E-state index contributed by atoms with van der Waals surface area (Å²) in [6.07, 6.45) is 0.914. The number of carbonyl (C=O) groups is 2. The van der Waals surface area contributed by atoms with Crippen LogP contribution in [-0.4, -0.2) is 18.9 Å². The number of hydrogen-bond acceptors (Lipinski definition) is 3. The van der Waals surface area contributed by atoms with E-state index in [2.05, 4.69) is 0 Å². The molecule has 1 aromatic carbocycles. The summed E-state index contributed by atoms with van der Waals surface area (Å²) < 4.78 is 4.90. The van der Waals surface area contributed by atoms with Gasteiger partial charge >= 0.3 is 5.97 Å². The summed E-state index contributed by atoms with van der Waals surface area (Å²) in [6, 6.07) is 9.77. The minimum atomic E-state index is -0.213. The lowest BCUT2D eigenvalue weighted by atomic mass is 9.69. The SMILES string of the molecule is COC(=O)[C@H]1[C@H](C)CC(=O)C[C@H]1c1ccccc1. The van der Waals surface area contributed by atoms with Crippen LogP contribution >= 0.6 is 0 Å². The molecule has 0 aliphatic heterocycles. The van der Waals surface area contributed by atoms with Gasteiger partial charge in [-0.05, 0) is 11.5 Å². The predicted molar refractivity (Wildman–Crippen MR) is 68.1 cm³/mol. The number of methoxy groups -OCH3 is 1. The fraction of sp³-hybridized carbons (Fsp3) is 0.467. The Labute approximate surface area is 107 Å². The lowest BCUT2D eigenvalue weighted by molar-refractivity contribution is -0.150. The molecule has 3 nitrogen and oxygen atoms in total. The average molecular weight is 246 g/mol. The Morgan fingerprint density at radius 1 is 1.22 bits per heavy atom. The molecule has 0 saturated heterocycles. The van der Waals surface area contributed by atoms with Gasteiger partial charge in [0.25, 0.3) is 0 Å². The van der Waals surface area contributed by atoms with Crippen molar-refractivity contribution in [1.82, 2.24) is 0 Å². The van der Waals surface area contributed by atoms with Crippen LogP contribution in [0, 0.1) is 11.8 Å². The molecule has 0 N–H and O–H groups in total. The smallest absolute Gasteiger partial charge is 0.309 e. The van der Waals surface area contributed by atoms with Crippen LogP contribution in [-0.2, 0) is 14.3 Å². The molecule has 1 saturated carbocycles. The van der Waals surface area contributed by atoms with Gasteiger partial charge in [0, 0.05) is 18.8 Å². The van der Waals surface area contributed by atoms with Crippen LogP contribution < -0.4 is 0 Å². The lowest BCUT2D eigenvalue weighted by Gasteiger charge is -2.34. The van der Waals surface area contributed by atoms with Crippen molar-refractivity contribution in [1.29, 1.82) is 0 Å². The van der Waals surface area contributed by atoms with Gasteiger partial charge in [-0.2, -0.15) is 0 Å². The van der Waals surface area contributed by atoms with Crippen LogP contribution in [0.1, 0.15) is 31.2 Å². The number of Topliss-reactive ketones (excluding diaryl/α,β-unsaturated/α-hetero) is 1. The summed E-state index contributed by atoms with van der Waals surface area (Å²) >= 11 is 0. The Hall–Kier alpha value is -1.64. The highest BCUT2D eigenvalue weighted by molar-refractivity contribution is 5.84. The molecule has 0 heterocycles. The molecule has 0 unspecified atom stereocenters. The number of rotatable bonds is 2. The van der Waals surface area contributed by atoms with Crippen molar-refractivity contribution in [3.05, 3.63) is 35.9 Å². The number of hydrogen-bond donors (Lipinski definition) is 0. The number of esters is 1. The van der Waals surface area contributed by atoms with Crippen LogP contribution in [0.15, 0.2) is 30.3 Å². The maximum Gasteiger partial charge on any atom is 0.309 e. The van der Waals surface area contributed by atoms with E-state index in [1.54, 1.807) is 0 Å². The molecule has 2 rings (SSSR count). The number of ketones is 1. The zero-order valence-electron chi connectivity index (χ0n) is 10.8. The standard InChI is InChI=1S/C15H18O3/c1-10-8-12(16)9-13(14(10)15(17)18-2)11-6-4-3-5-7-11/h3-7,10,13-14H,8-9H2,1-2H3/t10-,13+,14+/m1/s1. The summed E-state index contributed by atoms with van der Waals surface area (Å²) in [7, 11) is 1.41. The molecule has 1 aliphatic carbocycles. The molecule has 1 aliphatic rings. The van der Waals surface area contributed by atoms with Crippen molar-refractivity contribution < 1.29 is 14.3 Å². The Balaban J connectivity index is 2.33. The monoisotopic (exact) mass is 246 g/mol. The molecular weight excluding hydrogens is 228 g/mol. The molecular formula is C15H18O3. The van der Waals surface area contributed by atoms with Crippen molar-refractivity contribution >= 4 is 11.8 Å². The first-order valence-electron chi connectivity index (χ1n) is 6.28. The van der Waals surface area contributed by atoms with Crippen molar-refractivity contribution in [3.8, 4) is 0 Å². The lowest BCUT2D eigenvalue weighted by Crippen LogP contribution is -2.36. The summed E-state index contributed by atoms with van der Waals surface area (Å²) in [6.45, 7) is 1.95. The molecule has 1 aromatic rings. The van der Waals surface area contributed by atoms with Gasteiger partial charge in [0.15, 0.2) is 0 Å². The second-order valence-electron chi connectivity index (χ2n) is 4.99. The van der Waals surface area contributed by atoms with Crippen molar-refractivity contribution in [2.75, 3.05) is 7.11 Å². The van der Waals surface area contributed by atoms with Crippen molar-refractivity contribution in [2.24, 2.45) is 11.8 Å². The van der Waals surface area contributed by atoms with E-state index in [1.165, 1.54) is 7.11 Å². The highest BCUT2D eigenvalue weighted by Crippen LogP contribution is 2.40. The van der Waals surface area contributed by atoms with Crippen molar-refractivity contribution in [3.63, 3.8) is 0 Å². The molecule has 0 amide bonds. The number of ether oxygens (including phenoxy) is 1. The normalized spacial score (nSPS) is 27.9. The second kappa shape index (κ2) is 5.34. The van der Waals surface area contributed by atoms with E-state index < -0.39 is 0 Å². The topological polar surface area (TPSA) is 43.4 Å². The zero-order chi connectivity index (χ0) is 13.1. The highest BCUT2D eigenvalue weighted by atomic mass is 16.5. The predicted octanol–water partition coefficient (Wildman–Crippen LogP) is 2.56. The summed E-state index contributed by atoms with van der Waals surface area (Å²) in [5, 5.41) is 0. The van der Waals surface area contributed by atoms with Crippen LogP contribution in [0.5, 0.6) is 0 Å². The quantitative estimate of drug-likeness (QED) is 0.753. The van der Waals surface area contributed by atoms with Gasteiger partial charge in [0.2, 0.25) is 0 Å². The maximum atomic E-state index is 11.9. The van der Waals surface area contributed by atoms with Crippen molar-refractivity contribution in [2.45, 2.75) is 25.7 Å². The molecule has 96 valence electrons. The third kappa shape index (κ3) is 2.45. The minimum absolute atomic E-state index is 0.0453. The van der Waals surface area contributed by atoms with Crippen LogP contribution in [0.2, 0.25) is 0 Å². The maximum absolute atomic E-state index is 11.9. The largest absolute Gasteiger partial charge is 0.469 e. The molecule has 3 heteroatoms. The Morgan fingerprint density at radius 3 is 2.50 bits per heavy atom. The third-order valence-corrected chi connectivity index (χ3v) is 3.74. The Bertz CT molecular complexity index is 438. The average Bonchev–Trinajstić information content (AvgIpc) is 2.38. The first-order chi connectivity index (χ1) is 8.63. The summed E-state index contributed by atoms with van der Waals surface area (Å²) in [5.41, 5.74) is 1.05.